The SMILES string of the molecule is NC(C[C](c1ccccc1)c1ccccc1)(c1ccccc1)c1ccccc1. The third-order valence-corrected chi connectivity index (χ3v) is 5.28. The molecular weight excluding hydrogens is 338 g/mol. The summed E-state index contributed by atoms with van der Waals surface area (Å²) in [5.41, 5.74) is 11.2. The van der Waals surface area contributed by atoms with E-state index in [9.17, 15) is 0 Å². The molecule has 0 aliphatic heterocycles. The van der Waals surface area contributed by atoms with Crippen molar-refractivity contribution in [3.8, 4) is 0 Å². The van der Waals surface area contributed by atoms with E-state index in [1.807, 2.05) is 12.1 Å². The zero-order chi connectivity index (χ0) is 19.2. The van der Waals surface area contributed by atoms with Gasteiger partial charge >= 0.3 is 0 Å². The van der Waals surface area contributed by atoms with Crippen molar-refractivity contribution in [2.75, 3.05) is 0 Å². The van der Waals surface area contributed by atoms with Crippen molar-refractivity contribution in [2.24, 2.45) is 5.73 Å². The molecule has 1 heteroatoms. The fourth-order valence-electron chi connectivity index (χ4n) is 3.77. The average molecular weight is 362 g/mol. The summed E-state index contributed by atoms with van der Waals surface area (Å²) in [6.45, 7) is 0. The zero-order valence-corrected chi connectivity index (χ0v) is 15.8. The van der Waals surface area contributed by atoms with E-state index < -0.39 is 5.54 Å². The van der Waals surface area contributed by atoms with E-state index in [0.717, 1.165) is 11.1 Å². The topological polar surface area (TPSA) is 26.0 Å². The Morgan fingerprint density at radius 2 is 0.821 bits per heavy atom. The van der Waals surface area contributed by atoms with Crippen LogP contribution >= 0.6 is 0 Å². The van der Waals surface area contributed by atoms with Crippen molar-refractivity contribution in [2.45, 2.75) is 12.0 Å². The van der Waals surface area contributed by atoms with E-state index in [4.69, 9.17) is 5.73 Å². The van der Waals surface area contributed by atoms with Crippen LogP contribution in [0.4, 0.5) is 0 Å². The molecule has 0 fully saturated rings. The molecule has 0 amide bonds. The molecule has 0 spiro atoms. The second-order valence-corrected chi connectivity index (χ2v) is 7.09. The maximum absolute atomic E-state index is 7.20. The van der Waals surface area contributed by atoms with Gasteiger partial charge in [0.05, 0.1) is 5.54 Å². The fraction of sp³-hybridized carbons (Fsp3) is 0.0741. The Morgan fingerprint density at radius 3 is 1.18 bits per heavy atom. The molecule has 4 aromatic rings. The van der Waals surface area contributed by atoms with Crippen molar-refractivity contribution in [1.82, 2.24) is 0 Å². The predicted octanol–water partition coefficient (Wildman–Crippen LogP) is 5.95. The van der Waals surface area contributed by atoms with Gasteiger partial charge in [-0.2, -0.15) is 0 Å². The standard InChI is InChI=1S/C27H24N/c28-27(24-17-9-3-10-18-24,25-19-11-4-12-20-25)21-26(22-13-5-1-6-14-22)23-15-7-2-8-16-23/h1-20H,21,28H2. The number of rotatable bonds is 6. The Bertz CT molecular complexity index is 900. The van der Waals surface area contributed by atoms with Gasteiger partial charge in [-0.05, 0) is 28.7 Å². The molecule has 0 aromatic heterocycles. The normalized spacial score (nSPS) is 11.5. The average Bonchev–Trinajstić information content (AvgIpc) is 2.80. The second kappa shape index (κ2) is 8.24. The first-order valence-corrected chi connectivity index (χ1v) is 9.64. The summed E-state index contributed by atoms with van der Waals surface area (Å²) in [5.74, 6) is 1.25. The van der Waals surface area contributed by atoms with Gasteiger partial charge in [-0.15, -0.1) is 0 Å². The van der Waals surface area contributed by atoms with Crippen LogP contribution in [0.15, 0.2) is 121 Å². The van der Waals surface area contributed by atoms with Gasteiger partial charge in [-0.1, -0.05) is 121 Å². The molecule has 1 nitrogen and oxygen atoms in total. The van der Waals surface area contributed by atoms with E-state index in [-0.39, 0.29) is 0 Å². The Labute approximate surface area is 167 Å². The molecule has 28 heavy (non-hydrogen) atoms. The molecule has 4 aromatic carbocycles. The van der Waals surface area contributed by atoms with Gasteiger partial charge in [0.1, 0.15) is 0 Å². The molecule has 0 aliphatic carbocycles. The van der Waals surface area contributed by atoms with E-state index in [2.05, 4.69) is 109 Å². The highest BCUT2D eigenvalue weighted by Gasteiger charge is 2.34. The van der Waals surface area contributed by atoms with Crippen LogP contribution in [-0.4, -0.2) is 0 Å². The maximum atomic E-state index is 7.20. The molecule has 0 bridgehead atoms. The quantitative estimate of drug-likeness (QED) is 0.451. The van der Waals surface area contributed by atoms with Crippen molar-refractivity contribution < 1.29 is 0 Å². The van der Waals surface area contributed by atoms with Crippen molar-refractivity contribution in [3.05, 3.63) is 149 Å². The molecule has 0 saturated carbocycles. The fourth-order valence-corrected chi connectivity index (χ4v) is 3.77. The van der Waals surface area contributed by atoms with Gasteiger partial charge in [0.2, 0.25) is 0 Å². The number of benzene rings is 4. The number of hydrogen-bond acceptors (Lipinski definition) is 1. The third kappa shape index (κ3) is 3.76. The van der Waals surface area contributed by atoms with Crippen LogP contribution < -0.4 is 5.73 Å². The molecule has 0 saturated heterocycles. The number of hydrogen-bond donors (Lipinski definition) is 1. The summed E-state index contributed by atoms with van der Waals surface area (Å²) in [6.07, 6.45) is 0.703. The monoisotopic (exact) mass is 362 g/mol. The highest BCUT2D eigenvalue weighted by atomic mass is 14.7. The Morgan fingerprint density at radius 1 is 0.500 bits per heavy atom. The van der Waals surface area contributed by atoms with Crippen molar-refractivity contribution >= 4 is 0 Å². The smallest absolute Gasteiger partial charge is 0.0677 e. The highest BCUT2D eigenvalue weighted by Crippen LogP contribution is 2.39. The molecule has 0 aliphatic rings. The lowest BCUT2D eigenvalue weighted by Crippen LogP contribution is -2.40. The third-order valence-electron chi connectivity index (χ3n) is 5.28. The van der Waals surface area contributed by atoms with Crippen LogP contribution in [0.1, 0.15) is 28.7 Å². The first-order valence-electron chi connectivity index (χ1n) is 9.64. The van der Waals surface area contributed by atoms with Gasteiger partial charge in [-0.3, -0.25) is 0 Å². The summed E-state index contributed by atoms with van der Waals surface area (Å²) < 4.78 is 0. The maximum Gasteiger partial charge on any atom is 0.0677 e. The van der Waals surface area contributed by atoms with E-state index in [1.165, 1.54) is 17.0 Å². The first-order chi connectivity index (χ1) is 13.8. The molecule has 0 heterocycles. The summed E-state index contributed by atoms with van der Waals surface area (Å²) in [7, 11) is 0. The lowest BCUT2D eigenvalue weighted by molar-refractivity contribution is 0.515. The van der Waals surface area contributed by atoms with Crippen LogP contribution in [-0.2, 0) is 5.54 Å². The van der Waals surface area contributed by atoms with Crippen molar-refractivity contribution in [1.29, 1.82) is 0 Å². The highest BCUT2D eigenvalue weighted by molar-refractivity contribution is 5.49. The summed E-state index contributed by atoms with van der Waals surface area (Å²) in [5, 5.41) is 0. The molecule has 0 unspecified atom stereocenters. The zero-order valence-electron chi connectivity index (χ0n) is 15.8. The molecule has 1 radical (unpaired) electrons. The van der Waals surface area contributed by atoms with E-state index >= 15 is 0 Å². The minimum atomic E-state index is -0.621. The molecule has 4 rings (SSSR count). The van der Waals surface area contributed by atoms with Gasteiger partial charge in [0.15, 0.2) is 0 Å². The van der Waals surface area contributed by atoms with Crippen molar-refractivity contribution in [3.63, 3.8) is 0 Å². The number of nitrogens with two attached hydrogens (primary N) is 1. The lowest BCUT2D eigenvalue weighted by atomic mass is 9.73. The molecule has 0 atom stereocenters. The summed E-state index contributed by atoms with van der Waals surface area (Å²) in [4.78, 5) is 0. The summed E-state index contributed by atoms with van der Waals surface area (Å²) >= 11 is 0. The Kier molecular flexibility index (Phi) is 5.36. The van der Waals surface area contributed by atoms with Crippen LogP contribution in [0.3, 0.4) is 0 Å². The molecule has 2 N–H and O–H groups in total. The lowest BCUT2D eigenvalue weighted by Gasteiger charge is -2.34. The summed E-state index contributed by atoms with van der Waals surface area (Å²) in [6, 6.07) is 41.9. The predicted molar refractivity (Wildman–Crippen MR) is 117 cm³/mol. The van der Waals surface area contributed by atoms with Gasteiger partial charge in [0.25, 0.3) is 0 Å². The first kappa shape index (κ1) is 18.2. The van der Waals surface area contributed by atoms with Gasteiger partial charge in [-0.25, -0.2) is 0 Å². The Hall–Kier alpha value is -3.16. The minimum Gasteiger partial charge on any atom is -0.318 e. The van der Waals surface area contributed by atoms with Crippen LogP contribution in [0.2, 0.25) is 0 Å². The van der Waals surface area contributed by atoms with Crippen LogP contribution in [0, 0.1) is 5.92 Å². The van der Waals surface area contributed by atoms with Crippen LogP contribution in [0.5, 0.6) is 0 Å². The van der Waals surface area contributed by atoms with Crippen LogP contribution in [0.25, 0.3) is 0 Å². The Balaban J connectivity index is 1.84. The minimum absolute atomic E-state index is 0.621. The van der Waals surface area contributed by atoms with E-state index in [0.29, 0.717) is 6.42 Å². The molecular formula is C27H24N. The van der Waals surface area contributed by atoms with E-state index in [1.54, 1.807) is 0 Å². The van der Waals surface area contributed by atoms with Gasteiger partial charge < -0.3 is 5.73 Å². The van der Waals surface area contributed by atoms with Gasteiger partial charge in [0, 0.05) is 5.92 Å². The second-order valence-electron chi connectivity index (χ2n) is 7.09. The largest absolute Gasteiger partial charge is 0.318 e. The molecule has 137 valence electrons.